The first-order valence-electron chi connectivity index (χ1n) is 14.7. The molecule has 6 rings (SSSR count). The Kier molecular flexibility index (Phi) is 13.8. The third kappa shape index (κ3) is 10.6. The summed E-state index contributed by atoms with van der Waals surface area (Å²) in [5.41, 5.74) is 0.0438. The van der Waals surface area contributed by atoms with Gasteiger partial charge in [-0.15, -0.1) is 16.8 Å². The van der Waals surface area contributed by atoms with Crippen LogP contribution in [0.5, 0.6) is 0 Å². The van der Waals surface area contributed by atoms with Crippen LogP contribution in [0.4, 0.5) is 11.4 Å². The Labute approximate surface area is 285 Å². The van der Waals surface area contributed by atoms with Crippen LogP contribution >= 0.6 is 23.5 Å². The molecular formula is C33H34N8O5S2. The molecule has 0 radical (unpaired) electrons. The monoisotopic (exact) mass is 686 g/mol. The van der Waals surface area contributed by atoms with Gasteiger partial charge in [-0.25, -0.2) is 0 Å². The number of aliphatic hydroxyl groups is 1. The molecule has 48 heavy (non-hydrogen) atoms. The highest BCUT2D eigenvalue weighted by molar-refractivity contribution is 8.00. The number of aromatic amines is 2. The third-order valence-corrected chi connectivity index (χ3v) is 7.80. The summed E-state index contributed by atoms with van der Waals surface area (Å²) in [6.45, 7) is 7.72. The molecule has 0 aliphatic carbocycles. The number of hydrogen-bond donors (Lipinski definition) is 5. The van der Waals surface area contributed by atoms with Crippen molar-refractivity contribution in [2.24, 2.45) is 0 Å². The zero-order valence-corrected chi connectivity index (χ0v) is 27.7. The number of carbonyl (C=O) groups excluding carboxylic acids is 2. The van der Waals surface area contributed by atoms with Gasteiger partial charge in [-0.3, -0.25) is 19.8 Å². The fourth-order valence-corrected chi connectivity index (χ4v) is 5.26. The molecule has 0 saturated heterocycles. The molecule has 15 heteroatoms. The number of para-hydroxylation sites is 2. The topological polar surface area (TPSA) is 188 Å². The lowest BCUT2D eigenvalue weighted by Crippen LogP contribution is -2.24. The number of hydrogen-bond acceptors (Lipinski definition) is 11. The average Bonchev–Trinajstić information content (AvgIpc) is 3.95. The zero-order valence-electron chi connectivity index (χ0n) is 26.1. The van der Waals surface area contributed by atoms with E-state index in [9.17, 15) is 14.7 Å². The van der Waals surface area contributed by atoms with Crippen LogP contribution in [-0.2, 0) is 9.59 Å². The van der Waals surface area contributed by atoms with Crippen molar-refractivity contribution < 1.29 is 23.5 Å². The Morgan fingerprint density at radius 1 is 0.771 bits per heavy atom. The number of thioether (sulfide) groups is 2. The highest BCUT2D eigenvalue weighted by atomic mass is 32.2. The molecular weight excluding hydrogens is 653 g/mol. The van der Waals surface area contributed by atoms with Crippen LogP contribution in [0.25, 0.3) is 23.2 Å². The minimum atomic E-state index is -1.32. The fourth-order valence-electron chi connectivity index (χ4n) is 3.76. The van der Waals surface area contributed by atoms with Gasteiger partial charge in [0, 0.05) is 11.4 Å². The SMILES string of the molecule is C=CCC(Sc1n[nH]c(-c2ccco2)n1)C(=O)Nc1ccccc1.CC.O=C(Nc1ccccc1)C(O)Sc1n[nH]c(-c2ccco2)n1. The van der Waals surface area contributed by atoms with E-state index in [1.54, 1.807) is 60.9 Å². The largest absolute Gasteiger partial charge is 0.461 e. The molecule has 0 aliphatic heterocycles. The Morgan fingerprint density at radius 3 is 1.71 bits per heavy atom. The van der Waals surface area contributed by atoms with Gasteiger partial charge in [0.05, 0.1) is 17.8 Å². The van der Waals surface area contributed by atoms with Crippen LogP contribution in [0.3, 0.4) is 0 Å². The second kappa shape index (κ2) is 18.7. The first kappa shape index (κ1) is 35.5. The molecule has 2 amide bonds. The number of H-pyrrole nitrogens is 2. The van der Waals surface area contributed by atoms with Gasteiger partial charge in [0.1, 0.15) is 0 Å². The van der Waals surface area contributed by atoms with Gasteiger partial charge in [0.15, 0.2) is 28.6 Å². The normalized spacial score (nSPS) is 11.6. The summed E-state index contributed by atoms with van der Waals surface area (Å²) < 4.78 is 10.5. The van der Waals surface area contributed by atoms with Gasteiger partial charge in [0.2, 0.25) is 16.2 Å². The van der Waals surface area contributed by atoms with Crippen LogP contribution in [-0.4, -0.2) is 58.0 Å². The number of furan rings is 2. The number of carbonyl (C=O) groups is 2. The third-order valence-electron chi connectivity index (χ3n) is 5.88. The molecule has 0 fully saturated rings. The number of anilines is 2. The Balaban J connectivity index is 0.000000207. The van der Waals surface area contributed by atoms with Crippen molar-refractivity contribution in [1.82, 2.24) is 30.4 Å². The summed E-state index contributed by atoms with van der Waals surface area (Å²) in [6, 6.07) is 25.2. The highest BCUT2D eigenvalue weighted by Crippen LogP contribution is 2.26. The highest BCUT2D eigenvalue weighted by Gasteiger charge is 2.22. The summed E-state index contributed by atoms with van der Waals surface area (Å²) in [4.78, 5) is 32.9. The summed E-state index contributed by atoms with van der Waals surface area (Å²) in [6.07, 6.45) is 5.31. The van der Waals surface area contributed by atoms with Gasteiger partial charge < -0.3 is 24.6 Å². The summed E-state index contributed by atoms with van der Waals surface area (Å²) in [7, 11) is 0. The first-order chi connectivity index (χ1) is 23.5. The van der Waals surface area contributed by atoms with Crippen molar-refractivity contribution in [2.45, 2.75) is 41.3 Å². The van der Waals surface area contributed by atoms with E-state index in [4.69, 9.17) is 8.83 Å². The molecule has 0 bridgehead atoms. The standard InChI is InChI=1S/C17H16N4O2S.C14H12N4O3S.C2H6/c1-2-7-14(16(22)18-12-8-4-3-5-9-12)24-17-19-15(20-21-17)13-10-6-11-23-13;19-12(15-9-5-2-1-3-6-9)13(20)22-14-16-11(17-18-14)10-7-4-8-21-10;1-2/h2-6,8-11,14H,1,7H2,(H,18,22)(H,19,20,21);1-8,13,20H,(H,15,19)(H,16,17,18);1-2H3. The molecule has 248 valence electrons. The Bertz CT molecular complexity index is 1810. The van der Waals surface area contributed by atoms with Gasteiger partial charge in [0.25, 0.3) is 5.91 Å². The number of nitrogens with one attached hydrogen (secondary N) is 4. The lowest BCUT2D eigenvalue weighted by Gasteiger charge is -2.13. The van der Waals surface area contributed by atoms with Gasteiger partial charge in [-0.05, 0) is 66.7 Å². The Hall–Kier alpha value is -5.38. The smallest absolute Gasteiger partial charge is 0.264 e. The van der Waals surface area contributed by atoms with Crippen LogP contribution in [0, 0.1) is 0 Å². The number of nitrogens with zero attached hydrogens (tertiary/aromatic N) is 4. The van der Waals surface area contributed by atoms with E-state index in [1.165, 1.54) is 18.0 Å². The van der Waals surface area contributed by atoms with Crippen LogP contribution in [0.15, 0.2) is 129 Å². The average molecular weight is 687 g/mol. The zero-order chi connectivity index (χ0) is 34.1. The maximum absolute atomic E-state index is 12.5. The summed E-state index contributed by atoms with van der Waals surface area (Å²) in [5.74, 6) is 1.44. The number of aromatic nitrogens is 6. The maximum Gasteiger partial charge on any atom is 0.264 e. The number of rotatable bonds is 12. The lowest BCUT2D eigenvalue weighted by atomic mass is 10.2. The van der Waals surface area contributed by atoms with Gasteiger partial charge >= 0.3 is 0 Å². The molecule has 2 unspecified atom stereocenters. The van der Waals surface area contributed by atoms with E-state index < -0.39 is 11.3 Å². The first-order valence-corrected chi connectivity index (χ1v) is 16.5. The molecule has 6 aromatic rings. The van der Waals surface area contributed by atoms with E-state index in [-0.39, 0.29) is 16.3 Å². The molecule has 4 aromatic heterocycles. The second-order valence-electron chi connectivity index (χ2n) is 9.20. The minimum absolute atomic E-state index is 0.115. The molecule has 0 aliphatic rings. The van der Waals surface area contributed by atoms with Crippen LogP contribution in [0.2, 0.25) is 0 Å². The predicted molar refractivity (Wildman–Crippen MR) is 186 cm³/mol. The van der Waals surface area contributed by atoms with Gasteiger partial charge in [-0.1, -0.05) is 68.1 Å². The maximum atomic E-state index is 12.5. The lowest BCUT2D eigenvalue weighted by molar-refractivity contribution is -0.120. The van der Waals surface area contributed by atoms with Crippen LogP contribution in [0.1, 0.15) is 20.3 Å². The van der Waals surface area contributed by atoms with Crippen molar-refractivity contribution in [1.29, 1.82) is 0 Å². The minimum Gasteiger partial charge on any atom is -0.461 e. The number of aliphatic hydroxyl groups excluding tert-OH is 1. The quantitative estimate of drug-likeness (QED) is 0.0513. The van der Waals surface area contributed by atoms with Gasteiger partial charge in [-0.2, -0.15) is 9.97 Å². The van der Waals surface area contributed by atoms with E-state index in [2.05, 4.69) is 47.6 Å². The molecule has 13 nitrogen and oxygen atoms in total. The summed E-state index contributed by atoms with van der Waals surface area (Å²) >= 11 is 2.12. The van der Waals surface area contributed by atoms with Crippen molar-refractivity contribution >= 4 is 46.7 Å². The number of benzene rings is 2. The second-order valence-corrected chi connectivity index (χ2v) is 11.4. The molecule has 2 aromatic carbocycles. The van der Waals surface area contributed by atoms with Crippen LogP contribution < -0.4 is 10.6 Å². The van der Waals surface area contributed by atoms with Crippen molar-refractivity contribution in [3.05, 3.63) is 110 Å². The fraction of sp³-hybridized carbons (Fsp3) is 0.152. The molecule has 0 spiro atoms. The molecule has 0 saturated carbocycles. The van der Waals surface area contributed by atoms with E-state index in [0.717, 1.165) is 17.4 Å². The van der Waals surface area contributed by atoms with E-state index in [0.29, 0.717) is 40.4 Å². The molecule has 2 atom stereocenters. The van der Waals surface area contributed by atoms with E-state index >= 15 is 0 Å². The van der Waals surface area contributed by atoms with Crippen molar-refractivity contribution in [3.63, 3.8) is 0 Å². The number of amides is 2. The Morgan fingerprint density at radius 2 is 1.25 bits per heavy atom. The summed E-state index contributed by atoms with van der Waals surface area (Å²) in [5, 5.41) is 29.3. The molecule has 5 N–H and O–H groups in total. The van der Waals surface area contributed by atoms with Crippen molar-refractivity contribution in [2.75, 3.05) is 10.6 Å². The van der Waals surface area contributed by atoms with Crippen molar-refractivity contribution in [3.8, 4) is 23.2 Å². The number of allylic oxidation sites excluding steroid dienone is 1. The molecule has 4 heterocycles. The van der Waals surface area contributed by atoms with E-state index in [1.807, 2.05) is 50.2 Å². The predicted octanol–water partition coefficient (Wildman–Crippen LogP) is 6.88.